The second-order valence-corrected chi connectivity index (χ2v) is 5.75. The van der Waals surface area contributed by atoms with E-state index in [4.69, 9.17) is 23.2 Å². The van der Waals surface area contributed by atoms with Gasteiger partial charge in [0.25, 0.3) is 5.91 Å². The van der Waals surface area contributed by atoms with Crippen LogP contribution in [-0.2, 0) is 12.3 Å². The predicted molar refractivity (Wildman–Crippen MR) is 88.1 cm³/mol. The lowest BCUT2D eigenvalue weighted by Gasteiger charge is -2.14. The number of hydrogen-bond donors (Lipinski definition) is 1. The maximum atomic E-state index is 12.2. The van der Waals surface area contributed by atoms with Gasteiger partial charge < -0.3 is 5.32 Å². The summed E-state index contributed by atoms with van der Waals surface area (Å²) in [5.41, 5.74) is 2.67. The van der Waals surface area contributed by atoms with Crippen LogP contribution in [0.25, 0.3) is 0 Å². The molecule has 0 aliphatic heterocycles. The van der Waals surface area contributed by atoms with Crippen LogP contribution < -0.4 is 5.32 Å². The van der Waals surface area contributed by atoms with E-state index in [9.17, 15) is 4.79 Å². The van der Waals surface area contributed by atoms with Gasteiger partial charge >= 0.3 is 0 Å². The van der Waals surface area contributed by atoms with Crippen molar-refractivity contribution in [1.29, 1.82) is 0 Å². The van der Waals surface area contributed by atoms with Crippen LogP contribution in [0, 0.1) is 0 Å². The lowest BCUT2D eigenvalue weighted by molar-refractivity contribution is 0.0940. The monoisotopic (exact) mass is 321 g/mol. The van der Waals surface area contributed by atoms with Crippen LogP contribution >= 0.6 is 23.2 Å². The van der Waals surface area contributed by atoms with Gasteiger partial charge in [-0.3, -0.25) is 4.79 Å². The van der Waals surface area contributed by atoms with E-state index < -0.39 is 0 Å². The second kappa shape index (κ2) is 7.48. The normalized spacial score (nSPS) is 12.0. The third kappa shape index (κ3) is 4.76. The number of rotatable bonds is 5. The molecule has 1 atom stereocenters. The lowest BCUT2D eigenvalue weighted by Crippen LogP contribution is -2.34. The van der Waals surface area contributed by atoms with Gasteiger partial charge in [0.15, 0.2) is 0 Å². The number of halogens is 2. The molecule has 0 aliphatic rings. The van der Waals surface area contributed by atoms with Crippen LogP contribution in [0.4, 0.5) is 0 Å². The third-order valence-electron chi connectivity index (χ3n) is 3.15. The molecule has 0 heterocycles. The van der Waals surface area contributed by atoms with Crippen molar-refractivity contribution in [2.24, 2.45) is 0 Å². The van der Waals surface area contributed by atoms with Gasteiger partial charge in [0.2, 0.25) is 0 Å². The summed E-state index contributed by atoms with van der Waals surface area (Å²) in [4.78, 5) is 12.2. The summed E-state index contributed by atoms with van der Waals surface area (Å²) in [6, 6.07) is 15.0. The number of carbonyl (C=O) groups is 1. The maximum Gasteiger partial charge on any atom is 0.251 e. The number of alkyl halides is 1. The van der Waals surface area contributed by atoms with Gasteiger partial charge in [0.05, 0.1) is 0 Å². The molecule has 2 rings (SSSR count). The number of nitrogens with one attached hydrogen (secondary N) is 1. The molecule has 1 N–H and O–H groups in total. The van der Waals surface area contributed by atoms with Gasteiger partial charge in [-0.1, -0.05) is 35.9 Å². The number of hydrogen-bond acceptors (Lipinski definition) is 1. The topological polar surface area (TPSA) is 29.1 Å². The maximum absolute atomic E-state index is 12.2. The standard InChI is InChI=1S/C17H17Cl2NO/c1-12(8-13-4-3-7-16(19)10-13)20-17(21)15-6-2-5-14(9-15)11-18/h2-7,9-10,12H,8,11H2,1H3,(H,20,21). The zero-order chi connectivity index (χ0) is 15.2. The van der Waals surface area contributed by atoms with Crippen LogP contribution in [0.15, 0.2) is 48.5 Å². The average Bonchev–Trinajstić information content (AvgIpc) is 2.47. The Kier molecular flexibility index (Phi) is 5.66. The second-order valence-electron chi connectivity index (χ2n) is 5.04. The van der Waals surface area contributed by atoms with Crippen molar-refractivity contribution in [3.63, 3.8) is 0 Å². The summed E-state index contributed by atoms with van der Waals surface area (Å²) < 4.78 is 0. The zero-order valence-corrected chi connectivity index (χ0v) is 13.3. The SMILES string of the molecule is CC(Cc1cccc(Cl)c1)NC(=O)c1cccc(CCl)c1. The summed E-state index contributed by atoms with van der Waals surface area (Å²) in [5.74, 6) is 0.315. The van der Waals surface area contributed by atoms with Crippen LogP contribution in [0.1, 0.15) is 28.4 Å². The van der Waals surface area contributed by atoms with Crippen molar-refractivity contribution >= 4 is 29.1 Å². The van der Waals surface area contributed by atoms with Gasteiger partial charge in [0.1, 0.15) is 0 Å². The first-order valence-electron chi connectivity index (χ1n) is 6.78. The molecule has 0 saturated carbocycles. The van der Waals surface area contributed by atoms with Crippen LogP contribution in [0.3, 0.4) is 0 Å². The van der Waals surface area contributed by atoms with E-state index in [0.29, 0.717) is 16.5 Å². The van der Waals surface area contributed by atoms with Crippen LogP contribution in [-0.4, -0.2) is 11.9 Å². The quantitative estimate of drug-likeness (QED) is 0.810. The molecule has 2 aromatic rings. The van der Waals surface area contributed by atoms with Gasteiger partial charge in [-0.05, 0) is 48.7 Å². The van der Waals surface area contributed by atoms with Gasteiger partial charge in [-0.15, -0.1) is 11.6 Å². The molecular weight excluding hydrogens is 305 g/mol. The average molecular weight is 322 g/mol. The fourth-order valence-corrected chi connectivity index (χ4v) is 2.55. The van der Waals surface area contributed by atoms with Crippen LogP contribution in [0.2, 0.25) is 5.02 Å². The lowest BCUT2D eigenvalue weighted by atomic mass is 10.1. The van der Waals surface area contributed by atoms with Crippen molar-refractivity contribution < 1.29 is 4.79 Å². The molecule has 0 aliphatic carbocycles. The summed E-state index contributed by atoms with van der Waals surface area (Å²) >= 11 is 11.8. The van der Waals surface area contributed by atoms with E-state index in [-0.39, 0.29) is 11.9 Å². The molecular formula is C17H17Cl2NO. The first-order valence-corrected chi connectivity index (χ1v) is 7.70. The third-order valence-corrected chi connectivity index (χ3v) is 3.70. The van der Waals surface area contributed by atoms with Gasteiger partial charge in [-0.2, -0.15) is 0 Å². The minimum atomic E-state index is -0.0866. The van der Waals surface area contributed by atoms with Crippen LogP contribution in [0.5, 0.6) is 0 Å². The van der Waals surface area contributed by atoms with Gasteiger partial charge in [0, 0.05) is 22.5 Å². The van der Waals surface area contributed by atoms with E-state index in [1.54, 1.807) is 6.07 Å². The highest BCUT2D eigenvalue weighted by atomic mass is 35.5. The molecule has 0 spiro atoms. The van der Waals surface area contributed by atoms with E-state index in [1.807, 2.05) is 49.4 Å². The molecule has 110 valence electrons. The molecule has 0 aromatic heterocycles. The summed E-state index contributed by atoms with van der Waals surface area (Å²) in [7, 11) is 0. The fraction of sp³-hybridized carbons (Fsp3) is 0.235. The van der Waals surface area contributed by atoms with E-state index in [2.05, 4.69) is 5.32 Å². The van der Waals surface area contributed by atoms with Crippen molar-refractivity contribution in [1.82, 2.24) is 5.32 Å². The molecule has 2 aromatic carbocycles. The highest BCUT2D eigenvalue weighted by Gasteiger charge is 2.11. The molecule has 1 amide bonds. The summed E-state index contributed by atoms with van der Waals surface area (Å²) in [6.45, 7) is 1.98. The Morgan fingerprint density at radius 2 is 1.86 bits per heavy atom. The zero-order valence-electron chi connectivity index (χ0n) is 11.8. The molecule has 21 heavy (non-hydrogen) atoms. The molecule has 2 nitrogen and oxygen atoms in total. The van der Waals surface area contributed by atoms with E-state index in [0.717, 1.165) is 17.5 Å². The first kappa shape index (κ1) is 15.9. The van der Waals surface area contributed by atoms with Gasteiger partial charge in [-0.25, -0.2) is 0 Å². The van der Waals surface area contributed by atoms with E-state index >= 15 is 0 Å². The van der Waals surface area contributed by atoms with Crippen molar-refractivity contribution in [3.05, 3.63) is 70.2 Å². The largest absolute Gasteiger partial charge is 0.349 e. The first-order chi connectivity index (χ1) is 10.1. The Hall–Kier alpha value is -1.51. The molecule has 1 unspecified atom stereocenters. The Labute approximate surface area is 135 Å². The highest BCUT2D eigenvalue weighted by molar-refractivity contribution is 6.30. The predicted octanol–water partition coefficient (Wildman–Crippen LogP) is 4.44. The minimum absolute atomic E-state index is 0.0237. The molecule has 0 radical (unpaired) electrons. The minimum Gasteiger partial charge on any atom is -0.349 e. The summed E-state index contributed by atoms with van der Waals surface area (Å²) in [5, 5.41) is 3.70. The molecule has 0 bridgehead atoms. The number of carbonyl (C=O) groups excluding carboxylic acids is 1. The molecule has 0 fully saturated rings. The highest BCUT2D eigenvalue weighted by Crippen LogP contribution is 2.13. The number of benzene rings is 2. The Bertz CT molecular complexity index is 628. The number of amides is 1. The molecule has 0 saturated heterocycles. The Morgan fingerprint density at radius 1 is 1.14 bits per heavy atom. The summed E-state index contributed by atoms with van der Waals surface area (Å²) in [6.07, 6.45) is 0.738. The Morgan fingerprint density at radius 3 is 2.57 bits per heavy atom. The van der Waals surface area contributed by atoms with E-state index in [1.165, 1.54) is 0 Å². The van der Waals surface area contributed by atoms with Crippen molar-refractivity contribution in [3.8, 4) is 0 Å². The molecule has 4 heteroatoms. The fourth-order valence-electron chi connectivity index (χ4n) is 2.17. The Balaban J connectivity index is 1.98. The van der Waals surface area contributed by atoms with Crippen molar-refractivity contribution in [2.75, 3.05) is 0 Å². The van der Waals surface area contributed by atoms with Crippen molar-refractivity contribution in [2.45, 2.75) is 25.3 Å². The smallest absolute Gasteiger partial charge is 0.251 e.